The van der Waals surface area contributed by atoms with E-state index < -0.39 is 0 Å². The Kier molecular flexibility index (Phi) is 8.81. The number of morpholine rings is 1. The Morgan fingerprint density at radius 2 is 1.92 bits per heavy atom. The lowest BCUT2D eigenvalue weighted by Crippen LogP contribution is -2.51. The summed E-state index contributed by atoms with van der Waals surface area (Å²) in [7, 11) is 0. The van der Waals surface area contributed by atoms with Crippen molar-refractivity contribution >= 4 is 18.3 Å². The minimum atomic E-state index is 0. The Balaban J connectivity index is 0.00000208. The summed E-state index contributed by atoms with van der Waals surface area (Å²) < 4.78 is 5.62. The minimum absolute atomic E-state index is 0. The van der Waals surface area contributed by atoms with Crippen molar-refractivity contribution in [3.63, 3.8) is 0 Å². The molecule has 3 fully saturated rings. The first-order valence-electron chi connectivity index (χ1n) is 9.67. The van der Waals surface area contributed by atoms with Gasteiger partial charge in [0.2, 0.25) is 5.91 Å². The molecule has 1 amide bonds. The minimum Gasteiger partial charge on any atom is -0.379 e. The van der Waals surface area contributed by atoms with E-state index in [4.69, 9.17) is 4.74 Å². The molecule has 3 N–H and O–H groups in total. The number of rotatable bonds is 6. The van der Waals surface area contributed by atoms with Gasteiger partial charge in [-0.2, -0.15) is 0 Å². The molecular weight excluding hydrogens is 326 g/mol. The van der Waals surface area contributed by atoms with Crippen molar-refractivity contribution in [2.75, 3.05) is 26.3 Å². The number of carbonyl (C=O) groups is 1. The van der Waals surface area contributed by atoms with Gasteiger partial charge < -0.3 is 20.7 Å². The van der Waals surface area contributed by atoms with E-state index in [1.165, 1.54) is 38.5 Å². The Labute approximate surface area is 152 Å². The number of carbonyl (C=O) groups excluding carboxylic acids is 1. The molecule has 0 radical (unpaired) electrons. The van der Waals surface area contributed by atoms with E-state index in [1.54, 1.807) is 0 Å². The van der Waals surface area contributed by atoms with Gasteiger partial charge in [0.05, 0.1) is 13.2 Å². The van der Waals surface area contributed by atoms with E-state index in [9.17, 15) is 4.79 Å². The van der Waals surface area contributed by atoms with Crippen LogP contribution < -0.4 is 16.0 Å². The standard InChI is InChI=1S/C18H33N3O2.ClH/c22-18(21-14-5-2-1-3-6-14)9-10-19-16-8-4-7-15(16)17-13-23-12-11-20-17;/h14-17,19-20H,1-13H2,(H,21,22);1H. The van der Waals surface area contributed by atoms with Crippen molar-refractivity contribution in [1.29, 1.82) is 0 Å². The fraction of sp³-hybridized carbons (Fsp3) is 0.944. The van der Waals surface area contributed by atoms with Crippen LogP contribution in [-0.4, -0.2) is 50.3 Å². The van der Waals surface area contributed by atoms with Crippen molar-refractivity contribution in [3.8, 4) is 0 Å². The van der Waals surface area contributed by atoms with Gasteiger partial charge in [-0.1, -0.05) is 25.7 Å². The van der Waals surface area contributed by atoms with Crippen molar-refractivity contribution in [2.45, 2.75) is 75.9 Å². The van der Waals surface area contributed by atoms with Gasteiger partial charge in [0, 0.05) is 37.6 Å². The lowest BCUT2D eigenvalue weighted by Gasteiger charge is -2.33. The topological polar surface area (TPSA) is 62.4 Å². The molecule has 2 saturated carbocycles. The summed E-state index contributed by atoms with van der Waals surface area (Å²) >= 11 is 0. The van der Waals surface area contributed by atoms with Gasteiger partial charge in [-0.15, -0.1) is 12.4 Å². The van der Waals surface area contributed by atoms with Crippen LogP contribution in [0.1, 0.15) is 57.8 Å². The van der Waals surface area contributed by atoms with Gasteiger partial charge in [-0.25, -0.2) is 0 Å². The Morgan fingerprint density at radius 1 is 1.08 bits per heavy atom. The molecule has 3 atom stereocenters. The van der Waals surface area contributed by atoms with Gasteiger partial charge in [0.25, 0.3) is 0 Å². The maximum absolute atomic E-state index is 12.1. The second kappa shape index (κ2) is 10.6. The average molecular weight is 360 g/mol. The van der Waals surface area contributed by atoms with Crippen LogP contribution in [0.15, 0.2) is 0 Å². The quantitative estimate of drug-likeness (QED) is 0.678. The lowest BCUT2D eigenvalue weighted by atomic mass is 9.94. The molecule has 3 aliphatic rings. The fourth-order valence-corrected chi connectivity index (χ4v) is 4.50. The third kappa shape index (κ3) is 5.87. The molecule has 3 rings (SSSR count). The SMILES string of the molecule is Cl.O=C(CCNC1CCCC1C1COCCN1)NC1CCCCC1. The zero-order chi connectivity index (χ0) is 15.9. The van der Waals surface area contributed by atoms with Crippen molar-refractivity contribution in [3.05, 3.63) is 0 Å². The number of ether oxygens (including phenoxy) is 1. The number of nitrogens with one attached hydrogen (secondary N) is 3. The van der Waals surface area contributed by atoms with E-state index in [1.807, 2.05) is 0 Å². The Hall–Kier alpha value is -0.360. The van der Waals surface area contributed by atoms with E-state index >= 15 is 0 Å². The third-order valence-electron chi connectivity index (χ3n) is 5.77. The van der Waals surface area contributed by atoms with Crippen molar-refractivity contribution in [1.82, 2.24) is 16.0 Å². The second-order valence-electron chi connectivity index (χ2n) is 7.44. The summed E-state index contributed by atoms with van der Waals surface area (Å²) in [6.45, 7) is 3.44. The molecule has 0 aromatic carbocycles. The van der Waals surface area contributed by atoms with Crippen LogP contribution >= 0.6 is 12.4 Å². The van der Waals surface area contributed by atoms with Crippen LogP contribution in [0.2, 0.25) is 0 Å². The first-order valence-corrected chi connectivity index (χ1v) is 9.67. The molecule has 0 bridgehead atoms. The highest BCUT2D eigenvalue weighted by molar-refractivity contribution is 5.85. The fourth-order valence-electron chi connectivity index (χ4n) is 4.50. The molecule has 6 heteroatoms. The van der Waals surface area contributed by atoms with E-state index in [2.05, 4.69) is 16.0 Å². The molecule has 3 unspecified atom stereocenters. The van der Waals surface area contributed by atoms with Crippen molar-refractivity contribution < 1.29 is 9.53 Å². The number of amides is 1. The summed E-state index contributed by atoms with van der Waals surface area (Å²) in [6.07, 6.45) is 10.6. The molecule has 24 heavy (non-hydrogen) atoms. The number of hydrogen-bond donors (Lipinski definition) is 3. The monoisotopic (exact) mass is 359 g/mol. The van der Waals surface area contributed by atoms with Crippen LogP contribution in [0, 0.1) is 5.92 Å². The summed E-state index contributed by atoms with van der Waals surface area (Å²) in [5, 5.41) is 10.4. The Bertz CT molecular complexity index is 371. The first-order chi connectivity index (χ1) is 11.3. The molecule has 2 aliphatic carbocycles. The summed E-state index contributed by atoms with van der Waals surface area (Å²) in [4.78, 5) is 12.1. The molecule has 0 spiro atoms. The second-order valence-corrected chi connectivity index (χ2v) is 7.44. The van der Waals surface area contributed by atoms with Crippen molar-refractivity contribution in [2.24, 2.45) is 5.92 Å². The van der Waals surface area contributed by atoms with E-state index in [-0.39, 0.29) is 18.3 Å². The molecule has 5 nitrogen and oxygen atoms in total. The predicted molar refractivity (Wildman–Crippen MR) is 98.6 cm³/mol. The predicted octanol–water partition coefficient (Wildman–Crippen LogP) is 1.99. The van der Waals surface area contributed by atoms with E-state index in [0.717, 1.165) is 39.1 Å². The summed E-state index contributed by atoms with van der Waals surface area (Å²) in [5.74, 6) is 0.870. The molecule has 140 valence electrons. The lowest BCUT2D eigenvalue weighted by molar-refractivity contribution is -0.121. The van der Waals surface area contributed by atoms with Gasteiger partial charge in [0.1, 0.15) is 0 Å². The van der Waals surface area contributed by atoms with Crippen LogP contribution in [0.25, 0.3) is 0 Å². The van der Waals surface area contributed by atoms with Gasteiger partial charge in [0.15, 0.2) is 0 Å². The Morgan fingerprint density at radius 3 is 2.67 bits per heavy atom. The molecule has 1 heterocycles. The smallest absolute Gasteiger partial charge is 0.221 e. The zero-order valence-electron chi connectivity index (χ0n) is 14.7. The zero-order valence-corrected chi connectivity index (χ0v) is 15.5. The highest BCUT2D eigenvalue weighted by Crippen LogP contribution is 2.29. The first kappa shape index (κ1) is 20.0. The molecule has 1 saturated heterocycles. The number of halogens is 1. The molecular formula is C18H34ClN3O2. The maximum Gasteiger partial charge on any atom is 0.221 e. The van der Waals surface area contributed by atoms with E-state index in [0.29, 0.717) is 30.5 Å². The summed E-state index contributed by atoms with van der Waals surface area (Å²) in [6, 6.07) is 1.45. The van der Waals surface area contributed by atoms with Gasteiger partial charge >= 0.3 is 0 Å². The highest BCUT2D eigenvalue weighted by Gasteiger charge is 2.34. The average Bonchev–Trinajstić information content (AvgIpc) is 3.05. The van der Waals surface area contributed by atoms with Gasteiger partial charge in [-0.05, 0) is 31.6 Å². The van der Waals surface area contributed by atoms with Crippen LogP contribution in [0.3, 0.4) is 0 Å². The highest BCUT2D eigenvalue weighted by atomic mass is 35.5. The molecule has 0 aromatic rings. The van der Waals surface area contributed by atoms with Crippen LogP contribution in [0.5, 0.6) is 0 Å². The third-order valence-corrected chi connectivity index (χ3v) is 5.77. The maximum atomic E-state index is 12.1. The molecule has 1 aliphatic heterocycles. The largest absolute Gasteiger partial charge is 0.379 e. The van der Waals surface area contributed by atoms with Crippen LogP contribution in [-0.2, 0) is 9.53 Å². The normalized spacial score (nSPS) is 31.4. The van der Waals surface area contributed by atoms with Crippen LogP contribution in [0.4, 0.5) is 0 Å². The van der Waals surface area contributed by atoms with Gasteiger partial charge in [-0.3, -0.25) is 4.79 Å². The molecule has 0 aromatic heterocycles. The number of hydrogen-bond acceptors (Lipinski definition) is 4. The summed E-state index contributed by atoms with van der Waals surface area (Å²) in [5.41, 5.74) is 0.